The fourth-order valence-corrected chi connectivity index (χ4v) is 3.43. The smallest absolute Gasteiger partial charge is 0.212 e. The zero-order valence-electron chi connectivity index (χ0n) is 12.8. The molecule has 0 bridgehead atoms. The Hall–Kier alpha value is -0.910. The topological polar surface area (TPSA) is 58.2 Å². The van der Waals surface area contributed by atoms with Crippen molar-refractivity contribution in [3.8, 4) is 0 Å². The van der Waals surface area contributed by atoms with Gasteiger partial charge in [-0.05, 0) is 37.9 Å². The first-order valence-corrected chi connectivity index (χ1v) is 8.76. The van der Waals surface area contributed by atoms with Crippen molar-refractivity contribution in [2.24, 2.45) is 0 Å². The van der Waals surface area contributed by atoms with Crippen LogP contribution in [0.15, 0.2) is 24.3 Å². The summed E-state index contributed by atoms with van der Waals surface area (Å²) < 4.78 is 26.8. The molecule has 0 amide bonds. The molecule has 0 saturated carbocycles. The molecule has 5 heteroatoms. The van der Waals surface area contributed by atoms with Crippen molar-refractivity contribution in [1.29, 1.82) is 0 Å². The molecule has 1 atom stereocenters. The van der Waals surface area contributed by atoms with E-state index in [2.05, 4.69) is 10.0 Å². The molecule has 0 saturated heterocycles. The van der Waals surface area contributed by atoms with Crippen LogP contribution in [0.1, 0.15) is 44.4 Å². The monoisotopic (exact) mass is 298 g/mol. The van der Waals surface area contributed by atoms with Gasteiger partial charge in [-0.3, -0.25) is 0 Å². The van der Waals surface area contributed by atoms with E-state index in [0.717, 1.165) is 17.7 Å². The van der Waals surface area contributed by atoms with Crippen LogP contribution in [0.25, 0.3) is 0 Å². The SMILES string of the molecule is Cc1ccccc1C(C)NS(=O)(=O)CCCNC(C)C. The maximum Gasteiger partial charge on any atom is 0.212 e. The molecule has 0 fully saturated rings. The molecule has 0 aliphatic heterocycles. The van der Waals surface area contributed by atoms with Gasteiger partial charge in [0.2, 0.25) is 10.0 Å². The molecule has 1 aromatic carbocycles. The van der Waals surface area contributed by atoms with Crippen LogP contribution in [0.3, 0.4) is 0 Å². The summed E-state index contributed by atoms with van der Waals surface area (Å²) in [5.74, 6) is 0.156. The molecule has 0 radical (unpaired) electrons. The lowest BCUT2D eigenvalue weighted by Gasteiger charge is -2.17. The van der Waals surface area contributed by atoms with E-state index < -0.39 is 10.0 Å². The van der Waals surface area contributed by atoms with Gasteiger partial charge in [0.1, 0.15) is 0 Å². The standard InChI is InChI=1S/C15H26N2O2S/c1-12(2)16-10-7-11-20(18,19)17-14(4)15-9-6-5-8-13(15)3/h5-6,8-9,12,14,16-17H,7,10-11H2,1-4H3. The Morgan fingerprint density at radius 2 is 1.80 bits per heavy atom. The molecule has 20 heavy (non-hydrogen) atoms. The molecule has 0 aliphatic carbocycles. The van der Waals surface area contributed by atoms with Crippen LogP contribution in [0.2, 0.25) is 0 Å². The van der Waals surface area contributed by atoms with Gasteiger partial charge >= 0.3 is 0 Å². The molecule has 0 spiro atoms. The van der Waals surface area contributed by atoms with Gasteiger partial charge in [-0.25, -0.2) is 13.1 Å². The predicted molar refractivity (Wildman–Crippen MR) is 84.3 cm³/mol. The van der Waals surface area contributed by atoms with Crippen LogP contribution in [0.5, 0.6) is 0 Å². The molecular weight excluding hydrogens is 272 g/mol. The zero-order chi connectivity index (χ0) is 15.2. The summed E-state index contributed by atoms with van der Waals surface area (Å²) in [5.41, 5.74) is 2.13. The molecule has 1 rings (SSSR count). The summed E-state index contributed by atoms with van der Waals surface area (Å²) >= 11 is 0. The first kappa shape index (κ1) is 17.1. The van der Waals surface area contributed by atoms with E-state index in [1.165, 1.54) is 0 Å². The number of aryl methyl sites for hydroxylation is 1. The third-order valence-electron chi connectivity index (χ3n) is 3.15. The summed E-state index contributed by atoms with van der Waals surface area (Å²) in [4.78, 5) is 0. The molecule has 1 aromatic rings. The predicted octanol–water partition coefficient (Wildman–Crippen LogP) is 2.36. The van der Waals surface area contributed by atoms with Gasteiger partial charge in [-0.15, -0.1) is 0 Å². The molecule has 2 N–H and O–H groups in total. The van der Waals surface area contributed by atoms with E-state index in [0.29, 0.717) is 12.5 Å². The van der Waals surface area contributed by atoms with Crippen molar-refractivity contribution in [1.82, 2.24) is 10.0 Å². The van der Waals surface area contributed by atoms with E-state index in [-0.39, 0.29) is 11.8 Å². The van der Waals surface area contributed by atoms with Gasteiger partial charge in [0.05, 0.1) is 5.75 Å². The Bertz CT molecular complexity index is 512. The second kappa shape index (κ2) is 7.76. The largest absolute Gasteiger partial charge is 0.314 e. The Kier molecular flexibility index (Phi) is 6.65. The van der Waals surface area contributed by atoms with Gasteiger partial charge in [0.15, 0.2) is 0 Å². The Morgan fingerprint density at radius 1 is 1.15 bits per heavy atom. The summed E-state index contributed by atoms with van der Waals surface area (Å²) in [6.07, 6.45) is 0.619. The van der Waals surface area contributed by atoms with Crippen LogP contribution in [-0.4, -0.2) is 26.8 Å². The number of hydrogen-bond acceptors (Lipinski definition) is 3. The highest BCUT2D eigenvalue weighted by Crippen LogP contribution is 2.17. The van der Waals surface area contributed by atoms with Crippen LogP contribution >= 0.6 is 0 Å². The van der Waals surface area contributed by atoms with Crippen LogP contribution in [-0.2, 0) is 10.0 Å². The summed E-state index contributed by atoms with van der Waals surface area (Å²) in [6, 6.07) is 8.03. The molecule has 114 valence electrons. The summed E-state index contributed by atoms with van der Waals surface area (Å²) in [5, 5.41) is 3.22. The number of sulfonamides is 1. The maximum atomic E-state index is 12.0. The number of hydrogen-bond donors (Lipinski definition) is 2. The van der Waals surface area contributed by atoms with Crippen LogP contribution in [0, 0.1) is 6.92 Å². The van der Waals surface area contributed by atoms with Gasteiger partial charge in [-0.2, -0.15) is 0 Å². The lowest BCUT2D eigenvalue weighted by molar-refractivity contribution is 0.551. The molecular formula is C15H26N2O2S. The quantitative estimate of drug-likeness (QED) is 0.724. The zero-order valence-corrected chi connectivity index (χ0v) is 13.6. The third kappa shape index (κ3) is 6.03. The average Bonchev–Trinajstić information content (AvgIpc) is 2.34. The lowest BCUT2D eigenvalue weighted by atomic mass is 10.0. The first-order chi connectivity index (χ1) is 9.32. The second-order valence-electron chi connectivity index (χ2n) is 5.48. The Labute approximate surface area is 123 Å². The first-order valence-electron chi connectivity index (χ1n) is 7.11. The molecule has 0 aromatic heterocycles. The van der Waals surface area contributed by atoms with E-state index in [4.69, 9.17) is 0 Å². The minimum atomic E-state index is -3.23. The van der Waals surface area contributed by atoms with Crippen molar-refractivity contribution in [3.63, 3.8) is 0 Å². The van der Waals surface area contributed by atoms with Crippen LogP contribution < -0.4 is 10.0 Å². The highest BCUT2D eigenvalue weighted by atomic mass is 32.2. The van der Waals surface area contributed by atoms with Crippen molar-refractivity contribution in [2.75, 3.05) is 12.3 Å². The van der Waals surface area contributed by atoms with Gasteiger partial charge in [0, 0.05) is 12.1 Å². The summed E-state index contributed by atoms with van der Waals surface area (Å²) in [7, 11) is -3.23. The third-order valence-corrected chi connectivity index (χ3v) is 4.69. The van der Waals surface area contributed by atoms with E-state index in [9.17, 15) is 8.42 Å². The highest BCUT2D eigenvalue weighted by Gasteiger charge is 2.16. The molecule has 0 aliphatic rings. The average molecular weight is 298 g/mol. The number of benzene rings is 1. The molecule has 0 heterocycles. The normalized spacial score (nSPS) is 13.7. The fraction of sp³-hybridized carbons (Fsp3) is 0.600. The maximum absolute atomic E-state index is 12.0. The van der Waals surface area contributed by atoms with E-state index >= 15 is 0 Å². The molecule has 1 unspecified atom stereocenters. The number of nitrogens with one attached hydrogen (secondary N) is 2. The van der Waals surface area contributed by atoms with Crippen LogP contribution in [0.4, 0.5) is 0 Å². The number of rotatable bonds is 8. The minimum Gasteiger partial charge on any atom is -0.314 e. The fourth-order valence-electron chi connectivity index (χ4n) is 2.12. The van der Waals surface area contributed by atoms with E-state index in [1.807, 2.05) is 52.0 Å². The van der Waals surface area contributed by atoms with Crippen molar-refractivity contribution in [2.45, 2.75) is 46.2 Å². The van der Waals surface area contributed by atoms with Gasteiger partial charge in [-0.1, -0.05) is 38.1 Å². The highest BCUT2D eigenvalue weighted by molar-refractivity contribution is 7.89. The minimum absolute atomic E-state index is 0.156. The van der Waals surface area contributed by atoms with Gasteiger partial charge < -0.3 is 5.32 Å². The molecule has 4 nitrogen and oxygen atoms in total. The summed E-state index contributed by atoms with van der Waals surface area (Å²) in [6.45, 7) is 8.69. The Morgan fingerprint density at radius 3 is 2.40 bits per heavy atom. The van der Waals surface area contributed by atoms with E-state index in [1.54, 1.807) is 0 Å². The van der Waals surface area contributed by atoms with Crippen molar-refractivity contribution < 1.29 is 8.42 Å². The van der Waals surface area contributed by atoms with Gasteiger partial charge in [0.25, 0.3) is 0 Å². The Balaban J connectivity index is 2.52. The van der Waals surface area contributed by atoms with Crippen molar-refractivity contribution >= 4 is 10.0 Å². The van der Waals surface area contributed by atoms with Crippen molar-refractivity contribution in [3.05, 3.63) is 35.4 Å². The lowest BCUT2D eigenvalue weighted by Crippen LogP contribution is -2.32. The second-order valence-corrected chi connectivity index (χ2v) is 7.35.